The zero-order chi connectivity index (χ0) is 34.3. The van der Waals surface area contributed by atoms with Gasteiger partial charge in [0.1, 0.15) is 11.9 Å². The van der Waals surface area contributed by atoms with Crippen molar-refractivity contribution in [1.82, 2.24) is 4.90 Å². The van der Waals surface area contributed by atoms with E-state index in [4.69, 9.17) is 9.47 Å². The molecule has 0 aromatic carbocycles. The minimum Gasteiger partial charge on any atom is -0.466 e. The highest BCUT2D eigenvalue weighted by Crippen LogP contribution is 2.37. The SMILES string of the molecule is CC(=O)CCCCCCCC(CCCCCCCC(=O)OCCC(C)CCC(C)C)OC(=O)CC(C)(C)CC(C)(C)CN(C)C. The lowest BCUT2D eigenvalue weighted by atomic mass is 9.73. The first-order valence-corrected chi connectivity index (χ1v) is 18.5. The van der Waals surface area contributed by atoms with Crippen LogP contribution in [0.15, 0.2) is 0 Å². The summed E-state index contributed by atoms with van der Waals surface area (Å²) in [7, 11) is 4.20. The Hall–Kier alpha value is -1.43. The van der Waals surface area contributed by atoms with E-state index in [2.05, 4.69) is 67.5 Å². The molecule has 6 heteroatoms. The van der Waals surface area contributed by atoms with Gasteiger partial charge in [0.2, 0.25) is 0 Å². The molecule has 45 heavy (non-hydrogen) atoms. The molecule has 0 N–H and O–H groups in total. The van der Waals surface area contributed by atoms with Crippen LogP contribution in [0.5, 0.6) is 0 Å². The normalized spacial score (nSPS) is 13.7. The molecule has 0 amide bonds. The Morgan fingerprint density at radius 1 is 0.644 bits per heavy atom. The van der Waals surface area contributed by atoms with E-state index in [1.54, 1.807) is 6.92 Å². The molecule has 0 bridgehead atoms. The first-order valence-electron chi connectivity index (χ1n) is 18.5. The summed E-state index contributed by atoms with van der Waals surface area (Å²) in [6.45, 7) is 18.9. The van der Waals surface area contributed by atoms with Crippen LogP contribution in [0.1, 0.15) is 177 Å². The molecule has 2 atom stereocenters. The molecular formula is C39H75NO5. The number of ketones is 1. The number of ether oxygens (including phenoxy) is 2. The molecule has 0 saturated carbocycles. The fourth-order valence-electron chi connectivity index (χ4n) is 6.81. The average molecular weight is 638 g/mol. The predicted octanol–water partition coefficient (Wildman–Crippen LogP) is 10.3. The van der Waals surface area contributed by atoms with Gasteiger partial charge >= 0.3 is 11.9 Å². The van der Waals surface area contributed by atoms with E-state index < -0.39 is 0 Å². The summed E-state index contributed by atoms with van der Waals surface area (Å²) in [6, 6.07) is 0. The maximum Gasteiger partial charge on any atom is 0.306 e. The molecule has 266 valence electrons. The van der Waals surface area contributed by atoms with Gasteiger partial charge in [-0.05, 0) is 95.1 Å². The van der Waals surface area contributed by atoms with E-state index in [1.165, 1.54) is 12.8 Å². The molecule has 0 aromatic heterocycles. The molecule has 0 heterocycles. The van der Waals surface area contributed by atoms with E-state index >= 15 is 0 Å². The summed E-state index contributed by atoms with van der Waals surface area (Å²) in [6.07, 6.45) is 18.2. The number of hydrogen-bond acceptors (Lipinski definition) is 6. The van der Waals surface area contributed by atoms with Crippen LogP contribution < -0.4 is 0 Å². The van der Waals surface area contributed by atoms with E-state index in [0.717, 1.165) is 102 Å². The highest BCUT2D eigenvalue weighted by Gasteiger charge is 2.32. The lowest BCUT2D eigenvalue weighted by molar-refractivity contribution is -0.152. The summed E-state index contributed by atoms with van der Waals surface area (Å²) in [5.41, 5.74) is 0.00254. The Bertz CT molecular complexity index is 788. The first-order chi connectivity index (χ1) is 21.0. The molecule has 0 aromatic rings. The number of esters is 2. The third-order valence-electron chi connectivity index (χ3n) is 8.69. The van der Waals surface area contributed by atoms with E-state index in [9.17, 15) is 14.4 Å². The highest BCUT2D eigenvalue weighted by molar-refractivity contribution is 5.75. The van der Waals surface area contributed by atoms with Crippen molar-refractivity contribution in [3.63, 3.8) is 0 Å². The molecule has 6 nitrogen and oxygen atoms in total. The van der Waals surface area contributed by atoms with E-state index in [-0.39, 0.29) is 34.7 Å². The zero-order valence-electron chi connectivity index (χ0n) is 31.6. The largest absolute Gasteiger partial charge is 0.466 e. The van der Waals surface area contributed by atoms with Crippen LogP contribution in [0.2, 0.25) is 0 Å². The molecular weight excluding hydrogens is 562 g/mol. The minimum absolute atomic E-state index is 0.0294. The Labute approximate surface area is 279 Å². The summed E-state index contributed by atoms with van der Waals surface area (Å²) >= 11 is 0. The van der Waals surface area contributed by atoms with Crippen molar-refractivity contribution in [2.75, 3.05) is 27.2 Å². The number of rotatable bonds is 29. The summed E-state index contributed by atoms with van der Waals surface area (Å²) in [4.78, 5) is 38.6. The maximum absolute atomic E-state index is 13.1. The van der Waals surface area contributed by atoms with Gasteiger partial charge in [0.15, 0.2) is 0 Å². The Kier molecular flexibility index (Phi) is 23.9. The van der Waals surface area contributed by atoms with Crippen molar-refractivity contribution >= 4 is 17.7 Å². The second kappa shape index (κ2) is 24.7. The van der Waals surface area contributed by atoms with Gasteiger partial charge in [-0.3, -0.25) is 9.59 Å². The van der Waals surface area contributed by atoms with Crippen molar-refractivity contribution in [2.24, 2.45) is 22.7 Å². The Balaban J connectivity index is 4.54. The van der Waals surface area contributed by atoms with Crippen LogP contribution in [0.25, 0.3) is 0 Å². The number of nitrogens with zero attached hydrogens (tertiary/aromatic N) is 1. The molecule has 0 aliphatic heterocycles. The third kappa shape index (κ3) is 28.5. The molecule has 0 rings (SSSR count). The van der Waals surface area contributed by atoms with Crippen molar-refractivity contribution in [3.05, 3.63) is 0 Å². The van der Waals surface area contributed by atoms with Crippen molar-refractivity contribution in [1.29, 1.82) is 0 Å². The lowest BCUT2D eigenvalue weighted by Crippen LogP contribution is -2.34. The third-order valence-corrected chi connectivity index (χ3v) is 8.69. The molecule has 2 unspecified atom stereocenters. The second-order valence-electron chi connectivity index (χ2n) is 16.4. The van der Waals surface area contributed by atoms with Gasteiger partial charge in [-0.15, -0.1) is 0 Å². The standard InChI is InChI=1S/C39H75NO5/c1-32(2)25-26-33(3)27-28-44-36(42)24-20-16-12-15-19-23-35(22-18-14-11-13-17-21-34(4)41)45-37(43)29-38(5,6)30-39(7,8)31-40(9)10/h32-33,35H,11-31H2,1-10H3. The highest BCUT2D eigenvalue weighted by atomic mass is 16.5. The summed E-state index contributed by atoms with van der Waals surface area (Å²) in [5, 5.41) is 0. The first kappa shape index (κ1) is 43.6. The molecule has 0 saturated heterocycles. The molecule has 0 radical (unpaired) electrons. The number of Topliss-reactive ketones (excluding diaryl/α,β-unsaturated/α-hetero) is 1. The molecule has 0 spiro atoms. The van der Waals surface area contributed by atoms with Gasteiger partial charge in [0, 0.05) is 19.4 Å². The van der Waals surface area contributed by atoms with Crippen LogP contribution >= 0.6 is 0 Å². The van der Waals surface area contributed by atoms with Crippen LogP contribution in [-0.2, 0) is 23.9 Å². The van der Waals surface area contributed by atoms with Gasteiger partial charge in [-0.1, -0.05) is 99.8 Å². The Morgan fingerprint density at radius 2 is 1.18 bits per heavy atom. The van der Waals surface area contributed by atoms with Gasteiger partial charge in [-0.2, -0.15) is 0 Å². The molecule has 0 fully saturated rings. The number of carbonyl (C=O) groups is 3. The molecule has 0 aliphatic carbocycles. The smallest absolute Gasteiger partial charge is 0.306 e. The van der Waals surface area contributed by atoms with Crippen LogP contribution in [-0.4, -0.2) is 56.0 Å². The minimum atomic E-state index is -0.120. The van der Waals surface area contributed by atoms with Crippen LogP contribution in [0.3, 0.4) is 0 Å². The number of carbonyl (C=O) groups excluding carboxylic acids is 3. The van der Waals surface area contributed by atoms with Gasteiger partial charge < -0.3 is 19.2 Å². The van der Waals surface area contributed by atoms with E-state index in [0.29, 0.717) is 31.8 Å². The van der Waals surface area contributed by atoms with Gasteiger partial charge in [0.05, 0.1) is 13.0 Å². The number of hydrogen-bond donors (Lipinski definition) is 0. The lowest BCUT2D eigenvalue weighted by Gasteiger charge is -2.36. The topological polar surface area (TPSA) is 72.9 Å². The van der Waals surface area contributed by atoms with Gasteiger partial charge in [-0.25, -0.2) is 0 Å². The predicted molar refractivity (Wildman–Crippen MR) is 189 cm³/mol. The van der Waals surface area contributed by atoms with Crippen LogP contribution in [0, 0.1) is 22.7 Å². The summed E-state index contributed by atoms with van der Waals surface area (Å²) < 4.78 is 11.6. The molecule has 0 aliphatic rings. The van der Waals surface area contributed by atoms with E-state index in [1.807, 2.05) is 0 Å². The van der Waals surface area contributed by atoms with Crippen molar-refractivity contribution in [3.8, 4) is 0 Å². The van der Waals surface area contributed by atoms with Gasteiger partial charge in [0.25, 0.3) is 0 Å². The van der Waals surface area contributed by atoms with Crippen LogP contribution in [0.4, 0.5) is 0 Å². The average Bonchev–Trinajstić information content (AvgIpc) is 2.88. The number of unbranched alkanes of at least 4 members (excludes halogenated alkanes) is 8. The maximum atomic E-state index is 13.1. The zero-order valence-corrected chi connectivity index (χ0v) is 31.6. The quantitative estimate of drug-likeness (QED) is 0.0600. The summed E-state index contributed by atoms with van der Waals surface area (Å²) in [5.74, 6) is 1.47. The van der Waals surface area contributed by atoms with Crippen molar-refractivity contribution < 1.29 is 23.9 Å². The second-order valence-corrected chi connectivity index (χ2v) is 16.4. The Morgan fingerprint density at radius 3 is 1.71 bits per heavy atom. The fraction of sp³-hybridized carbons (Fsp3) is 0.923. The monoisotopic (exact) mass is 638 g/mol. The fourth-order valence-corrected chi connectivity index (χ4v) is 6.81. The van der Waals surface area contributed by atoms with Crippen molar-refractivity contribution in [2.45, 2.75) is 183 Å².